The largest absolute Gasteiger partial charge is 0.475 e. The number of nitrogens with zero attached hydrogens (tertiary/aromatic N) is 3. The van der Waals surface area contributed by atoms with E-state index in [-0.39, 0.29) is 0 Å². The van der Waals surface area contributed by atoms with Gasteiger partial charge in [-0.2, -0.15) is 0 Å². The van der Waals surface area contributed by atoms with Crippen molar-refractivity contribution >= 4 is 21.7 Å². The molecule has 0 unspecified atom stereocenters. The van der Waals surface area contributed by atoms with Crippen LogP contribution >= 0.6 is 15.9 Å². The number of aromatic nitrogens is 2. The summed E-state index contributed by atoms with van der Waals surface area (Å²) in [6.07, 6.45) is 1.41. The van der Waals surface area contributed by atoms with Crippen molar-refractivity contribution in [2.45, 2.75) is 13.8 Å². The molecule has 0 spiro atoms. The maximum Gasteiger partial charge on any atom is 0.233 e. The lowest BCUT2D eigenvalue weighted by Gasteiger charge is -2.18. The van der Waals surface area contributed by atoms with Gasteiger partial charge >= 0.3 is 0 Å². The smallest absolute Gasteiger partial charge is 0.233 e. The molecule has 0 bridgehead atoms. The number of rotatable bonds is 7. The van der Waals surface area contributed by atoms with Crippen LogP contribution in [0.3, 0.4) is 0 Å². The molecule has 6 nitrogen and oxygen atoms in total. The molecule has 0 aromatic carbocycles. The van der Waals surface area contributed by atoms with Crippen molar-refractivity contribution in [3.8, 4) is 5.88 Å². The Morgan fingerprint density at radius 2 is 2.12 bits per heavy atom. The zero-order valence-electron chi connectivity index (χ0n) is 10.1. The van der Waals surface area contributed by atoms with Crippen LogP contribution in [0.25, 0.3) is 0 Å². The maximum atomic E-state index is 5.58. The summed E-state index contributed by atoms with van der Waals surface area (Å²) in [6.45, 7) is 7.73. The van der Waals surface area contributed by atoms with Crippen LogP contribution in [-0.2, 0) is 0 Å². The Hall–Kier alpha value is -0.920. The topological polar surface area (TPSA) is 76.3 Å². The monoisotopic (exact) mass is 303 g/mol. The molecule has 1 rings (SSSR count). The summed E-state index contributed by atoms with van der Waals surface area (Å²) in [5.74, 6) is 6.32. The van der Waals surface area contributed by atoms with Gasteiger partial charge in [0.15, 0.2) is 5.82 Å². The van der Waals surface area contributed by atoms with E-state index < -0.39 is 0 Å². The molecule has 0 radical (unpaired) electrons. The van der Waals surface area contributed by atoms with Crippen LogP contribution in [0.4, 0.5) is 5.82 Å². The number of anilines is 1. The first-order valence-corrected chi connectivity index (χ1v) is 6.34. The van der Waals surface area contributed by atoms with Gasteiger partial charge in [-0.05, 0) is 29.0 Å². The fourth-order valence-corrected chi connectivity index (χ4v) is 1.80. The molecule has 7 heteroatoms. The van der Waals surface area contributed by atoms with Crippen LogP contribution in [0.2, 0.25) is 0 Å². The molecule has 0 amide bonds. The fourth-order valence-electron chi connectivity index (χ4n) is 1.37. The second-order valence-electron chi connectivity index (χ2n) is 3.36. The Kier molecular flexibility index (Phi) is 6.17. The third kappa shape index (κ3) is 4.10. The predicted octanol–water partition coefficient (Wildman–Crippen LogP) is 1.25. The zero-order chi connectivity index (χ0) is 12.7. The predicted molar refractivity (Wildman–Crippen MR) is 70.8 cm³/mol. The minimum Gasteiger partial charge on any atom is -0.475 e. The van der Waals surface area contributed by atoms with Gasteiger partial charge in [0.05, 0.1) is 0 Å². The van der Waals surface area contributed by atoms with Crippen molar-refractivity contribution in [1.29, 1.82) is 0 Å². The van der Waals surface area contributed by atoms with Crippen LogP contribution in [0.1, 0.15) is 13.8 Å². The quantitative estimate of drug-likeness (QED) is 0.583. The minimum atomic E-state index is 0.500. The number of ether oxygens (including phenoxy) is 1. The summed E-state index contributed by atoms with van der Waals surface area (Å²) in [4.78, 5) is 10.3. The Morgan fingerprint density at radius 3 is 2.71 bits per heavy atom. The Bertz CT molecular complexity index is 345. The van der Waals surface area contributed by atoms with Crippen LogP contribution < -0.4 is 16.0 Å². The lowest BCUT2D eigenvalue weighted by Crippen LogP contribution is -2.28. The molecule has 0 saturated carbocycles. The van der Waals surface area contributed by atoms with Gasteiger partial charge in [-0.1, -0.05) is 13.8 Å². The minimum absolute atomic E-state index is 0.500. The van der Waals surface area contributed by atoms with Crippen molar-refractivity contribution in [2.75, 3.05) is 31.7 Å². The molecule has 0 fully saturated rings. The van der Waals surface area contributed by atoms with E-state index in [0.717, 1.165) is 19.6 Å². The summed E-state index contributed by atoms with van der Waals surface area (Å²) >= 11 is 3.34. The summed E-state index contributed by atoms with van der Waals surface area (Å²) < 4.78 is 6.22. The molecule has 0 atom stereocenters. The molecule has 1 heterocycles. The third-order valence-electron chi connectivity index (χ3n) is 2.43. The van der Waals surface area contributed by atoms with Gasteiger partial charge in [0, 0.05) is 6.54 Å². The first kappa shape index (κ1) is 14.1. The van der Waals surface area contributed by atoms with E-state index >= 15 is 0 Å². The van der Waals surface area contributed by atoms with Gasteiger partial charge in [0.2, 0.25) is 5.88 Å². The Morgan fingerprint density at radius 1 is 1.41 bits per heavy atom. The molecule has 0 aliphatic rings. The van der Waals surface area contributed by atoms with Gasteiger partial charge in [0.25, 0.3) is 0 Å². The number of nitrogen functional groups attached to an aromatic ring is 1. The van der Waals surface area contributed by atoms with Crippen molar-refractivity contribution in [1.82, 2.24) is 14.9 Å². The van der Waals surface area contributed by atoms with E-state index in [2.05, 4.69) is 50.1 Å². The van der Waals surface area contributed by atoms with Crippen molar-refractivity contribution in [2.24, 2.45) is 5.84 Å². The molecule has 0 aliphatic carbocycles. The summed E-state index contributed by atoms with van der Waals surface area (Å²) in [7, 11) is 0. The van der Waals surface area contributed by atoms with Crippen molar-refractivity contribution in [3.05, 3.63) is 10.8 Å². The summed E-state index contributed by atoms with van der Waals surface area (Å²) in [6, 6.07) is 0. The van der Waals surface area contributed by atoms with Crippen LogP contribution in [0, 0.1) is 0 Å². The number of nitrogens with one attached hydrogen (secondary N) is 1. The average molecular weight is 304 g/mol. The highest BCUT2D eigenvalue weighted by Gasteiger charge is 2.09. The molecular weight excluding hydrogens is 286 g/mol. The molecule has 1 aromatic heterocycles. The number of hydrazine groups is 1. The van der Waals surface area contributed by atoms with Gasteiger partial charge in [-0.25, -0.2) is 15.8 Å². The molecule has 0 aliphatic heterocycles. The molecule has 0 saturated heterocycles. The highest BCUT2D eigenvalue weighted by atomic mass is 79.9. The maximum absolute atomic E-state index is 5.58. The molecule has 3 N–H and O–H groups in total. The number of hydrogen-bond donors (Lipinski definition) is 2. The standard InChI is InChI=1S/C10H18BrN5O/c1-3-16(4-2)5-6-17-10-8(11)9(15-12)13-7-14-10/h7H,3-6,12H2,1-2H3,(H,13,14,15). The lowest BCUT2D eigenvalue weighted by molar-refractivity contribution is 0.217. The average Bonchev–Trinajstić information content (AvgIpc) is 2.36. The number of halogens is 1. The van der Waals surface area contributed by atoms with E-state index in [0.29, 0.717) is 22.8 Å². The molecule has 96 valence electrons. The van der Waals surface area contributed by atoms with E-state index in [1.54, 1.807) is 0 Å². The van der Waals surface area contributed by atoms with Gasteiger partial charge < -0.3 is 15.1 Å². The Balaban J connectivity index is 2.52. The number of hydrogen-bond acceptors (Lipinski definition) is 6. The second kappa shape index (κ2) is 7.41. The third-order valence-corrected chi connectivity index (χ3v) is 3.15. The first-order chi connectivity index (χ1) is 8.22. The van der Waals surface area contributed by atoms with Gasteiger partial charge in [-0.3, -0.25) is 0 Å². The first-order valence-electron chi connectivity index (χ1n) is 5.55. The van der Waals surface area contributed by atoms with E-state index in [1.807, 2.05) is 0 Å². The van der Waals surface area contributed by atoms with Crippen LogP contribution in [0.15, 0.2) is 10.8 Å². The van der Waals surface area contributed by atoms with Gasteiger partial charge in [0.1, 0.15) is 17.4 Å². The highest BCUT2D eigenvalue weighted by Crippen LogP contribution is 2.27. The summed E-state index contributed by atoms with van der Waals surface area (Å²) in [5.41, 5.74) is 2.47. The molecule has 17 heavy (non-hydrogen) atoms. The van der Waals surface area contributed by atoms with Crippen LogP contribution in [0.5, 0.6) is 5.88 Å². The number of nitrogens with two attached hydrogens (primary N) is 1. The normalized spacial score (nSPS) is 10.6. The Labute approximate surface area is 110 Å². The highest BCUT2D eigenvalue weighted by molar-refractivity contribution is 9.10. The SMILES string of the molecule is CCN(CC)CCOc1ncnc(NN)c1Br. The zero-order valence-corrected chi connectivity index (χ0v) is 11.7. The fraction of sp³-hybridized carbons (Fsp3) is 0.600. The van der Waals surface area contributed by atoms with Gasteiger partial charge in [-0.15, -0.1) is 0 Å². The summed E-state index contributed by atoms with van der Waals surface area (Å²) in [5, 5.41) is 0. The second-order valence-corrected chi connectivity index (χ2v) is 4.15. The van der Waals surface area contributed by atoms with E-state index in [1.165, 1.54) is 6.33 Å². The van der Waals surface area contributed by atoms with Crippen molar-refractivity contribution in [3.63, 3.8) is 0 Å². The van der Waals surface area contributed by atoms with E-state index in [4.69, 9.17) is 10.6 Å². The van der Waals surface area contributed by atoms with E-state index in [9.17, 15) is 0 Å². The molecule has 1 aromatic rings. The lowest BCUT2D eigenvalue weighted by atomic mass is 10.5. The van der Waals surface area contributed by atoms with Crippen molar-refractivity contribution < 1.29 is 4.74 Å². The molecular formula is C10H18BrN5O. The van der Waals surface area contributed by atoms with Crippen LogP contribution in [-0.4, -0.2) is 41.1 Å². The number of likely N-dealkylation sites (N-methyl/N-ethyl adjacent to an activating group) is 1.